The number of amides is 3. The number of benzene rings is 2. The third-order valence-electron chi connectivity index (χ3n) is 7.18. The van der Waals surface area contributed by atoms with Crippen molar-refractivity contribution in [3.63, 3.8) is 0 Å². The average Bonchev–Trinajstić information content (AvgIpc) is 3.37. The third kappa shape index (κ3) is 9.15. The lowest BCUT2D eigenvalue weighted by molar-refractivity contribution is -0.142. The molecule has 226 valence electrons. The number of nitrogens with two attached hydrogens (primary N) is 2. The number of hydrogen-bond acceptors (Lipinski definition) is 6. The number of fused-ring (bicyclic) bond motifs is 1. The number of aliphatic carboxylic acids is 1. The summed E-state index contributed by atoms with van der Waals surface area (Å²) in [5.41, 5.74) is 14.4. The van der Waals surface area contributed by atoms with Crippen LogP contribution in [0, 0.1) is 5.92 Å². The molecule has 1 aromatic heterocycles. The van der Waals surface area contributed by atoms with E-state index in [9.17, 15) is 24.3 Å². The molecule has 0 aliphatic carbocycles. The number of carbonyl (C=O) groups excluding carboxylic acids is 3. The Kier molecular flexibility index (Phi) is 12.1. The standard InChI is InChI=1S/C31H42N6O5/c1-19(2)27(30(40)35-25(31(41)42)14-8-9-15-32)37-29(39)26(16-20-10-4-3-5-11-20)36-28(38)23(33)17-21-18-34-24-13-7-6-12-22(21)24/h3-7,10-13,18-19,23,25-27,34H,8-9,14-17,32-33H2,1-2H3,(H,35,40)(H,36,38)(H,37,39)(H,41,42). The van der Waals surface area contributed by atoms with Gasteiger partial charge in [0.1, 0.15) is 18.1 Å². The summed E-state index contributed by atoms with van der Waals surface area (Å²) in [7, 11) is 0. The van der Waals surface area contributed by atoms with Crippen molar-refractivity contribution in [1.82, 2.24) is 20.9 Å². The van der Waals surface area contributed by atoms with Crippen LogP contribution in [0.4, 0.5) is 0 Å². The van der Waals surface area contributed by atoms with E-state index >= 15 is 0 Å². The molecule has 11 heteroatoms. The van der Waals surface area contributed by atoms with Gasteiger partial charge in [-0.05, 0) is 55.3 Å². The van der Waals surface area contributed by atoms with E-state index < -0.39 is 47.9 Å². The van der Waals surface area contributed by atoms with Gasteiger partial charge >= 0.3 is 5.97 Å². The fourth-order valence-electron chi connectivity index (χ4n) is 4.77. The van der Waals surface area contributed by atoms with Crippen molar-refractivity contribution < 1.29 is 24.3 Å². The maximum atomic E-state index is 13.6. The van der Waals surface area contributed by atoms with E-state index in [1.54, 1.807) is 13.8 Å². The van der Waals surface area contributed by atoms with E-state index in [0.717, 1.165) is 22.0 Å². The summed E-state index contributed by atoms with van der Waals surface area (Å²) in [5.74, 6) is -3.21. The predicted molar refractivity (Wildman–Crippen MR) is 161 cm³/mol. The molecule has 0 bridgehead atoms. The molecule has 3 rings (SSSR count). The number of hydrogen-bond donors (Lipinski definition) is 7. The number of nitrogens with one attached hydrogen (secondary N) is 4. The van der Waals surface area contributed by atoms with Gasteiger partial charge in [-0.1, -0.05) is 62.4 Å². The lowest BCUT2D eigenvalue weighted by atomic mass is 9.99. The third-order valence-corrected chi connectivity index (χ3v) is 7.18. The van der Waals surface area contributed by atoms with E-state index in [-0.39, 0.29) is 25.2 Å². The Morgan fingerprint density at radius 2 is 1.50 bits per heavy atom. The highest BCUT2D eigenvalue weighted by atomic mass is 16.4. The van der Waals surface area contributed by atoms with Crippen molar-refractivity contribution in [1.29, 1.82) is 0 Å². The number of H-pyrrole nitrogens is 1. The predicted octanol–water partition coefficient (Wildman–Crippen LogP) is 1.60. The first-order valence-corrected chi connectivity index (χ1v) is 14.3. The van der Waals surface area contributed by atoms with E-state index in [2.05, 4.69) is 20.9 Å². The number of aromatic amines is 1. The maximum absolute atomic E-state index is 13.6. The second-order valence-corrected chi connectivity index (χ2v) is 10.8. The molecular weight excluding hydrogens is 536 g/mol. The van der Waals surface area contributed by atoms with Gasteiger partial charge in [0.2, 0.25) is 17.7 Å². The molecule has 9 N–H and O–H groups in total. The monoisotopic (exact) mass is 578 g/mol. The van der Waals surface area contributed by atoms with Gasteiger partial charge in [0.05, 0.1) is 6.04 Å². The SMILES string of the molecule is CC(C)C(NC(=O)C(Cc1ccccc1)NC(=O)C(N)Cc1c[nH]c2ccccc12)C(=O)NC(CCCCN)C(=O)O. The normalized spacial score (nSPS) is 14.1. The molecular formula is C31H42N6O5. The van der Waals surface area contributed by atoms with Crippen molar-refractivity contribution in [2.24, 2.45) is 17.4 Å². The van der Waals surface area contributed by atoms with Crippen molar-refractivity contribution >= 4 is 34.6 Å². The fraction of sp³-hybridized carbons (Fsp3) is 0.419. The molecule has 0 aliphatic heterocycles. The minimum absolute atomic E-state index is 0.168. The fourth-order valence-corrected chi connectivity index (χ4v) is 4.77. The van der Waals surface area contributed by atoms with Crippen LogP contribution in [0.3, 0.4) is 0 Å². The number of carbonyl (C=O) groups is 4. The Labute approximate surface area is 245 Å². The van der Waals surface area contributed by atoms with Gasteiger partial charge in [-0.2, -0.15) is 0 Å². The Balaban J connectivity index is 1.73. The number of unbranched alkanes of at least 4 members (excludes halogenated alkanes) is 1. The quantitative estimate of drug-likeness (QED) is 0.125. The molecule has 0 saturated heterocycles. The summed E-state index contributed by atoms with van der Waals surface area (Å²) in [5, 5.41) is 18.6. The van der Waals surface area contributed by atoms with E-state index in [4.69, 9.17) is 11.5 Å². The van der Waals surface area contributed by atoms with E-state index in [1.807, 2.05) is 60.8 Å². The number of rotatable bonds is 16. The molecule has 4 unspecified atom stereocenters. The van der Waals surface area contributed by atoms with Crippen molar-refractivity contribution in [2.45, 2.75) is 70.1 Å². The minimum atomic E-state index is -1.16. The van der Waals surface area contributed by atoms with Gasteiger partial charge in [-0.3, -0.25) is 14.4 Å². The molecule has 0 aliphatic rings. The summed E-state index contributed by atoms with van der Waals surface area (Å²) >= 11 is 0. The largest absolute Gasteiger partial charge is 0.480 e. The van der Waals surface area contributed by atoms with Crippen LogP contribution < -0.4 is 27.4 Å². The second-order valence-electron chi connectivity index (χ2n) is 10.8. The van der Waals surface area contributed by atoms with Crippen molar-refractivity contribution in [3.8, 4) is 0 Å². The summed E-state index contributed by atoms with van der Waals surface area (Å²) in [6.07, 6.45) is 3.63. The first-order chi connectivity index (χ1) is 20.1. The zero-order valence-electron chi connectivity index (χ0n) is 24.1. The highest BCUT2D eigenvalue weighted by molar-refractivity contribution is 5.94. The van der Waals surface area contributed by atoms with Gasteiger partial charge in [0, 0.05) is 23.5 Å². The molecule has 2 aromatic carbocycles. The Hall–Kier alpha value is -4.22. The van der Waals surface area contributed by atoms with Crippen LogP contribution in [0.1, 0.15) is 44.2 Å². The van der Waals surface area contributed by atoms with Crippen LogP contribution in [0.15, 0.2) is 60.8 Å². The van der Waals surface area contributed by atoms with Crippen LogP contribution in [0.5, 0.6) is 0 Å². The molecule has 0 radical (unpaired) electrons. The number of carboxylic acids is 1. The Bertz CT molecular complexity index is 1340. The highest BCUT2D eigenvalue weighted by Crippen LogP contribution is 2.19. The van der Waals surface area contributed by atoms with Crippen LogP contribution in [-0.4, -0.2) is 64.5 Å². The van der Waals surface area contributed by atoms with Crippen molar-refractivity contribution in [3.05, 3.63) is 71.9 Å². The van der Waals surface area contributed by atoms with Crippen LogP contribution in [0.25, 0.3) is 10.9 Å². The van der Waals surface area contributed by atoms with Gasteiger partial charge in [-0.15, -0.1) is 0 Å². The average molecular weight is 579 g/mol. The zero-order valence-corrected chi connectivity index (χ0v) is 24.1. The summed E-state index contributed by atoms with van der Waals surface area (Å²) in [6, 6.07) is 12.8. The van der Waals surface area contributed by atoms with E-state index in [0.29, 0.717) is 19.4 Å². The zero-order chi connectivity index (χ0) is 30.6. The van der Waals surface area contributed by atoms with Gasteiger partial charge in [0.15, 0.2) is 0 Å². The first-order valence-electron chi connectivity index (χ1n) is 14.3. The molecule has 3 amide bonds. The summed E-state index contributed by atoms with van der Waals surface area (Å²) in [6.45, 7) is 3.91. The lowest BCUT2D eigenvalue weighted by Crippen LogP contribution is -2.59. The van der Waals surface area contributed by atoms with E-state index in [1.165, 1.54) is 0 Å². The maximum Gasteiger partial charge on any atom is 0.326 e. The minimum Gasteiger partial charge on any atom is -0.480 e. The van der Waals surface area contributed by atoms with Crippen molar-refractivity contribution in [2.75, 3.05) is 6.54 Å². The highest BCUT2D eigenvalue weighted by Gasteiger charge is 2.32. The second kappa shape index (κ2) is 15.7. The smallest absolute Gasteiger partial charge is 0.326 e. The summed E-state index contributed by atoms with van der Waals surface area (Å²) < 4.78 is 0. The van der Waals surface area contributed by atoms with Gasteiger partial charge in [-0.25, -0.2) is 4.79 Å². The number of aromatic nitrogens is 1. The topological polar surface area (TPSA) is 192 Å². The molecule has 11 nitrogen and oxygen atoms in total. The molecule has 0 saturated carbocycles. The lowest BCUT2D eigenvalue weighted by Gasteiger charge is -2.27. The summed E-state index contributed by atoms with van der Waals surface area (Å²) in [4.78, 5) is 54.8. The molecule has 3 aromatic rings. The Morgan fingerprint density at radius 3 is 2.17 bits per heavy atom. The van der Waals surface area contributed by atoms with Gasteiger partial charge < -0.3 is 37.5 Å². The molecule has 0 spiro atoms. The molecule has 1 heterocycles. The number of para-hydroxylation sites is 1. The molecule has 42 heavy (non-hydrogen) atoms. The molecule has 4 atom stereocenters. The molecule has 0 fully saturated rings. The first kappa shape index (κ1) is 32.3. The number of carboxylic acid groups (broad SMARTS) is 1. The van der Waals surface area contributed by atoms with Crippen LogP contribution >= 0.6 is 0 Å². The van der Waals surface area contributed by atoms with Crippen LogP contribution in [0.2, 0.25) is 0 Å². The van der Waals surface area contributed by atoms with Crippen LogP contribution in [-0.2, 0) is 32.0 Å². The van der Waals surface area contributed by atoms with Gasteiger partial charge in [0.25, 0.3) is 0 Å². The Morgan fingerprint density at radius 1 is 0.833 bits per heavy atom.